The summed E-state index contributed by atoms with van der Waals surface area (Å²) in [5.41, 5.74) is 2.18. The van der Waals surface area contributed by atoms with Crippen molar-refractivity contribution in [2.75, 3.05) is 55.0 Å². The normalized spacial score (nSPS) is 14.8. The van der Waals surface area contributed by atoms with Crippen LogP contribution in [0.3, 0.4) is 0 Å². The van der Waals surface area contributed by atoms with E-state index in [-0.39, 0.29) is 0 Å². The molecule has 1 saturated heterocycles. The average molecular weight is 335 g/mol. The van der Waals surface area contributed by atoms with Crippen LogP contribution in [0, 0.1) is 0 Å². The Morgan fingerprint density at radius 2 is 1.60 bits per heavy atom. The summed E-state index contributed by atoms with van der Waals surface area (Å²) in [6.07, 6.45) is 5.21. The van der Waals surface area contributed by atoms with Gasteiger partial charge in [-0.05, 0) is 24.3 Å². The van der Waals surface area contributed by atoms with Gasteiger partial charge in [-0.3, -0.25) is 0 Å². The molecule has 128 valence electrons. The Balaban J connectivity index is 1.56. The van der Waals surface area contributed by atoms with Crippen LogP contribution in [0.5, 0.6) is 0 Å². The van der Waals surface area contributed by atoms with Crippen LogP contribution in [0.4, 0.5) is 17.5 Å². The first-order valence-corrected chi connectivity index (χ1v) is 8.41. The second-order valence-electron chi connectivity index (χ2n) is 6.32. The third-order valence-electron chi connectivity index (χ3n) is 4.50. The van der Waals surface area contributed by atoms with Crippen LogP contribution >= 0.6 is 0 Å². The maximum atomic E-state index is 4.42. The fraction of sp³-hybridized carbons (Fsp3) is 0.333. The first-order chi connectivity index (χ1) is 12.2. The zero-order valence-corrected chi connectivity index (χ0v) is 14.5. The first-order valence-electron chi connectivity index (χ1n) is 8.41. The number of aromatic nitrogens is 4. The van der Waals surface area contributed by atoms with E-state index < -0.39 is 0 Å². The van der Waals surface area contributed by atoms with Gasteiger partial charge in [0.05, 0.1) is 5.52 Å². The van der Waals surface area contributed by atoms with E-state index >= 15 is 0 Å². The number of fused-ring (bicyclic) bond motifs is 1. The monoisotopic (exact) mass is 335 g/mol. The minimum absolute atomic E-state index is 0.809. The zero-order valence-electron chi connectivity index (χ0n) is 14.5. The second-order valence-corrected chi connectivity index (χ2v) is 6.32. The Hall–Kier alpha value is -2.96. The zero-order chi connectivity index (χ0) is 17.2. The van der Waals surface area contributed by atoms with Crippen molar-refractivity contribution in [3.63, 3.8) is 0 Å². The molecule has 1 aliphatic heterocycles. The molecule has 7 heteroatoms. The number of hydrogen-bond acceptors (Lipinski definition) is 7. The van der Waals surface area contributed by atoms with Gasteiger partial charge >= 0.3 is 0 Å². The molecule has 0 unspecified atom stereocenters. The second kappa shape index (κ2) is 6.51. The van der Waals surface area contributed by atoms with Crippen molar-refractivity contribution in [2.24, 2.45) is 0 Å². The lowest BCUT2D eigenvalue weighted by molar-refractivity contribution is 0.640. The fourth-order valence-corrected chi connectivity index (χ4v) is 3.20. The molecule has 0 spiro atoms. The van der Waals surface area contributed by atoms with Crippen LogP contribution in [0.2, 0.25) is 0 Å². The molecule has 1 fully saturated rings. The van der Waals surface area contributed by atoms with E-state index in [9.17, 15) is 0 Å². The molecule has 2 aromatic heterocycles. The van der Waals surface area contributed by atoms with E-state index in [1.807, 2.05) is 25.1 Å². The predicted molar refractivity (Wildman–Crippen MR) is 100 cm³/mol. The summed E-state index contributed by atoms with van der Waals surface area (Å²) in [5, 5.41) is 1.08. The molecule has 1 aliphatic rings. The van der Waals surface area contributed by atoms with E-state index in [1.54, 1.807) is 18.7 Å². The van der Waals surface area contributed by atoms with E-state index in [1.165, 1.54) is 5.69 Å². The van der Waals surface area contributed by atoms with Gasteiger partial charge < -0.3 is 14.7 Å². The van der Waals surface area contributed by atoms with Crippen molar-refractivity contribution < 1.29 is 0 Å². The molecule has 1 aromatic carbocycles. The standard InChI is InChI=1S/C18H21N7/c1-23(2)17-15-12-14(4-5-16(15)21-13-22-17)24-8-10-25(11-9-24)18-19-6-3-7-20-18/h3-7,12-13H,8-11H2,1-2H3. The molecule has 0 radical (unpaired) electrons. The van der Waals surface area contributed by atoms with Crippen LogP contribution in [0.15, 0.2) is 43.0 Å². The minimum Gasteiger partial charge on any atom is -0.368 e. The van der Waals surface area contributed by atoms with Gasteiger partial charge in [-0.15, -0.1) is 0 Å². The maximum Gasteiger partial charge on any atom is 0.225 e. The van der Waals surface area contributed by atoms with Crippen molar-refractivity contribution in [3.05, 3.63) is 43.0 Å². The molecule has 0 amide bonds. The highest BCUT2D eigenvalue weighted by Crippen LogP contribution is 2.27. The van der Waals surface area contributed by atoms with Crippen LogP contribution in [-0.2, 0) is 0 Å². The van der Waals surface area contributed by atoms with E-state index in [0.717, 1.165) is 48.8 Å². The summed E-state index contributed by atoms with van der Waals surface area (Å²) in [4.78, 5) is 24.1. The number of nitrogens with zero attached hydrogens (tertiary/aromatic N) is 7. The molecule has 3 aromatic rings. The molecule has 0 bridgehead atoms. The van der Waals surface area contributed by atoms with Crippen molar-refractivity contribution in [3.8, 4) is 0 Å². The van der Waals surface area contributed by atoms with Gasteiger partial charge in [-0.2, -0.15) is 0 Å². The molecule has 3 heterocycles. The summed E-state index contributed by atoms with van der Waals surface area (Å²) in [5.74, 6) is 1.76. The Labute approximate surface area is 147 Å². The Morgan fingerprint density at radius 3 is 2.32 bits per heavy atom. The minimum atomic E-state index is 0.809. The third kappa shape index (κ3) is 3.05. The predicted octanol–water partition coefficient (Wildman–Crippen LogP) is 1.81. The fourth-order valence-electron chi connectivity index (χ4n) is 3.20. The summed E-state index contributed by atoms with van der Waals surface area (Å²) in [6, 6.07) is 8.26. The molecule has 0 N–H and O–H groups in total. The molecule has 25 heavy (non-hydrogen) atoms. The van der Waals surface area contributed by atoms with Gasteiger partial charge in [0.15, 0.2) is 0 Å². The van der Waals surface area contributed by atoms with Crippen LogP contribution in [0.1, 0.15) is 0 Å². The summed E-state index contributed by atoms with van der Waals surface area (Å²) in [6.45, 7) is 3.70. The SMILES string of the molecule is CN(C)c1ncnc2ccc(N3CCN(c4ncccn4)CC3)cc12. The van der Waals surface area contributed by atoms with Crippen molar-refractivity contribution in [1.82, 2.24) is 19.9 Å². The van der Waals surface area contributed by atoms with Gasteiger partial charge in [0, 0.05) is 63.7 Å². The molecule has 0 aliphatic carbocycles. The van der Waals surface area contributed by atoms with Crippen molar-refractivity contribution in [1.29, 1.82) is 0 Å². The largest absolute Gasteiger partial charge is 0.368 e. The van der Waals surface area contributed by atoms with Gasteiger partial charge in [-0.1, -0.05) is 0 Å². The third-order valence-corrected chi connectivity index (χ3v) is 4.50. The molecule has 4 rings (SSSR count). The number of rotatable bonds is 3. The summed E-state index contributed by atoms with van der Waals surface area (Å²) < 4.78 is 0. The lowest BCUT2D eigenvalue weighted by atomic mass is 10.1. The van der Waals surface area contributed by atoms with Crippen LogP contribution in [-0.4, -0.2) is 60.2 Å². The molecule has 0 saturated carbocycles. The molecule has 7 nitrogen and oxygen atoms in total. The lowest BCUT2D eigenvalue weighted by Crippen LogP contribution is -2.47. The summed E-state index contributed by atoms with van der Waals surface area (Å²) in [7, 11) is 4.01. The quantitative estimate of drug-likeness (QED) is 0.723. The van der Waals surface area contributed by atoms with Crippen LogP contribution in [0.25, 0.3) is 10.9 Å². The Kier molecular flexibility index (Phi) is 4.05. The topological polar surface area (TPSA) is 61.3 Å². The van der Waals surface area contributed by atoms with Gasteiger partial charge in [-0.25, -0.2) is 19.9 Å². The van der Waals surface area contributed by atoms with Gasteiger partial charge in [0.2, 0.25) is 5.95 Å². The van der Waals surface area contributed by atoms with E-state index in [4.69, 9.17) is 0 Å². The van der Waals surface area contributed by atoms with Crippen LogP contribution < -0.4 is 14.7 Å². The maximum absolute atomic E-state index is 4.42. The Bertz CT molecular complexity index is 858. The highest BCUT2D eigenvalue weighted by molar-refractivity contribution is 5.91. The average Bonchev–Trinajstić information content (AvgIpc) is 2.68. The molecular weight excluding hydrogens is 314 g/mol. The smallest absolute Gasteiger partial charge is 0.225 e. The van der Waals surface area contributed by atoms with E-state index in [2.05, 4.69) is 47.9 Å². The molecular formula is C18H21N7. The van der Waals surface area contributed by atoms with Gasteiger partial charge in [0.25, 0.3) is 0 Å². The van der Waals surface area contributed by atoms with Crippen molar-refractivity contribution >= 4 is 28.4 Å². The van der Waals surface area contributed by atoms with Crippen molar-refractivity contribution in [2.45, 2.75) is 0 Å². The first kappa shape index (κ1) is 15.6. The molecule has 0 atom stereocenters. The highest BCUT2D eigenvalue weighted by Gasteiger charge is 2.19. The van der Waals surface area contributed by atoms with Gasteiger partial charge in [0.1, 0.15) is 12.1 Å². The Morgan fingerprint density at radius 1 is 0.880 bits per heavy atom. The highest BCUT2D eigenvalue weighted by atomic mass is 15.3. The number of hydrogen-bond donors (Lipinski definition) is 0. The number of anilines is 3. The lowest BCUT2D eigenvalue weighted by Gasteiger charge is -2.36. The van der Waals surface area contributed by atoms with E-state index in [0.29, 0.717) is 0 Å². The summed E-state index contributed by atoms with van der Waals surface area (Å²) >= 11 is 0. The number of benzene rings is 1. The number of piperazine rings is 1.